The van der Waals surface area contributed by atoms with E-state index in [-0.39, 0.29) is 12.3 Å². The molecule has 1 amide bonds. The van der Waals surface area contributed by atoms with Crippen LogP contribution in [0.25, 0.3) is 0 Å². The number of thioether (sulfide) groups is 1. The molecular formula is C23H27N3O5S. The Bertz CT molecular complexity index is 1030. The molecular weight excluding hydrogens is 430 g/mol. The molecule has 0 radical (unpaired) electrons. The first-order valence-electron chi connectivity index (χ1n) is 10.5. The SMILES string of the molecule is COC(=O)C1=C(C)N=C2SC=C(CC(=O)N3CCCC3)N2[C@H]1c1ccc(OC)cc1OC. The average molecular weight is 458 g/mol. The second kappa shape index (κ2) is 9.28. The zero-order valence-corrected chi connectivity index (χ0v) is 19.5. The first-order chi connectivity index (χ1) is 15.5. The number of nitrogens with zero attached hydrogens (tertiary/aromatic N) is 3. The first kappa shape index (κ1) is 22.3. The van der Waals surface area contributed by atoms with Gasteiger partial charge in [0.25, 0.3) is 0 Å². The fourth-order valence-electron chi connectivity index (χ4n) is 4.31. The van der Waals surface area contributed by atoms with Crippen molar-refractivity contribution in [3.05, 3.63) is 46.1 Å². The third-order valence-corrected chi connectivity index (χ3v) is 6.82. The van der Waals surface area contributed by atoms with Gasteiger partial charge in [0.2, 0.25) is 5.91 Å². The number of amides is 1. The minimum Gasteiger partial charge on any atom is -0.497 e. The van der Waals surface area contributed by atoms with Crippen molar-refractivity contribution in [2.45, 2.75) is 32.2 Å². The Morgan fingerprint density at radius 3 is 2.56 bits per heavy atom. The highest BCUT2D eigenvalue weighted by Gasteiger charge is 2.42. The molecule has 3 aliphatic rings. The summed E-state index contributed by atoms with van der Waals surface area (Å²) in [6.07, 6.45) is 2.32. The van der Waals surface area contributed by atoms with Crippen LogP contribution < -0.4 is 9.47 Å². The number of hydrogen-bond acceptors (Lipinski definition) is 8. The second-order valence-corrected chi connectivity index (χ2v) is 8.59. The molecule has 0 aromatic heterocycles. The van der Waals surface area contributed by atoms with Crippen molar-refractivity contribution in [2.75, 3.05) is 34.4 Å². The third-order valence-electron chi connectivity index (χ3n) is 5.93. The smallest absolute Gasteiger partial charge is 0.338 e. The number of benzene rings is 1. The van der Waals surface area contributed by atoms with E-state index >= 15 is 0 Å². The molecule has 0 saturated carbocycles. The van der Waals surface area contributed by atoms with Crippen molar-refractivity contribution in [1.29, 1.82) is 0 Å². The van der Waals surface area contributed by atoms with Crippen LogP contribution >= 0.6 is 11.8 Å². The van der Waals surface area contributed by atoms with Gasteiger partial charge in [-0.15, -0.1) is 0 Å². The predicted octanol–water partition coefficient (Wildman–Crippen LogP) is 3.46. The molecule has 8 nitrogen and oxygen atoms in total. The molecule has 4 rings (SSSR count). The van der Waals surface area contributed by atoms with Gasteiger partial charge in [-0.3, -0.25) is 4.79 Å². The molecule has 3 aliphatic heterocycles. The van der Waals surface area contributed by atoms with Gasteiger partial charge in [0.15, 0.2) is 5.17 Å². The zero-order valence-electron chi connectivity index (χ0n) is 18.7. The quantitative estimate of drug-likeness (QED) is 0.605. The predicted molar refractivity (Wildman–Crippen MR) is 122 cm³/mol. The monoisotopic (exact) mass is 457 g/mol. The highest BCUT2D eigenvalue weighted by Crippen LogP contribution is 2.47. The Hall–Kier alpha value is -2.94. The Kier molecular flexibility index (Phi) is 6.45. The highest BCUT2D eigenvalue weighted by atomic mass is 32.2. The number of allylic oxidation sites excluding steroid dienone is 1. The molecule has 9 heteroatoms. The number of likely N-dealkylation sites (tertiary alicyclic amines) is 1. The van der Waals surface area contributed by atoms with E-state index in [1.165, 1.54) is 18.9 Å². The Morgan fingerprint density at radius 2 is 1.91 bits per heavy atom. The molecule has 0 bridgehead atoms. The minimum absolute atomic E-state index is 0.0851. The van der Waals surface area contributed by atoms with Gasteiger partial charge in [0, 0.05) is 30.4 Å². The fourth-order valence-corrected chi connectivity index (χ4v) is 5.28. The van der Waals surface area contributed by atoms with Crippen LogP contribution in [-0.4, -0.2) is 61.3 Å². The molecule has 3 heterocycles. The lowest BCUT2D eigenvalue weighted by molar-refractivity contribution is -0.136. The normalized spacial score (nSPS) is 20.1. The third kappa shape index (κ3) is 3.97. The summed E-state index contributed by atoms with van der Waals surface area (Å²) in [4.78, 5) is 34.3. The van der Waals surface area contributed by atoms with Crippen molar-refractivity contribution >= 4 is 28.8 Å². The van der Waals surface area contributed by atoms with Gasteiger partial charge < -0.3 is 24.0 Å². The molecule has 0 spiro atoms. The number of carbonyl (C=O) groups excluding carboxylic acids is 2. The van der Waals surface area contributed by atoms with Gasteiger partial charge in [-0.2, -0.15) is 0 Å². The van der Waals surface area contributed by atoms with Crippen LogP contribution in [0, 0.1) is 0 Å². The van der Waals surface area contributed by atoms with Crippen molar-refractivity contribution < 1.29 is 23.8 Å². The standard InChI is InChI=1S/C23H27N3O5S/c1-14-20(22(28)31-4)21(17-8-7-16(29-2)12-18(17)30-3)26-15(13-32-23(26)24-14)11-19(27)25-9-5-6-10-25/h7-8,12-13,21H,5-6,9-11H2,1-4H3/t21-/m0/s1. The maximum absolute atomic E-state index is 12.9. The largest absolute Gasteiger partial charge is 0.497 e. The maximum atomic E-state index is 12.9. The molecule has 1 aromatic rings. The van der Waals surface area contributed by atoms with Crippen molar-refractivity contribution in [2.24, 2.45) is 4.99 Å². The summed E-state index contributed by atoms with van der Waals surface area (Å²) in [7, 11) is 4.53. The lowest BCUT2D eigenvalue weighted by atomic mass is 9.93. The average Bonchev–Trinajstić information content (AvgIpc) is 3.48. The van der Waals surface area contributed by atoms with Gasteiger partial charge >= 0.3 is 5.97 Å². The number of hydrogen-bond donors (Lipinski definition) is 0. The van der Waals surface area contributed by atoms with E-state index in [9.17, 15) is 9.59 Å². The van der Waals surface area contributed by atoms with Crippen LogP contribution in [0.3, 0.4) is 0 Å². The lowest BCUT2D eigenvalue weighted by Gasteiger charge is -2.37. The van der Waals surface area contributed by atoms with E-state index in [1.807, 2.05) is 27.3 Å². The number of amidine groups is 1. The van der Waals surface area contributed by atoms with E-state index in [0.717, 1.165) is 42.4 Å². The highest BCUT2D eigenvalue weighted by molar-refractivity contribution is 8.16. The number of methoxy groups -OCH3 is 3. The van der Waals surface area contributed by atoms with Crippen LogP contribution in [0.5, 0.6) is 11.5 Å². The van der Waals surface area contributed by atoms with Crippen LogP contribution in [0.4, 0.5) is 0 Å². The van der Waals surface area contributed by atoms with Gasteiger partial charge in [-0.25, -0.2) is 9.79 Å². The Morgan fingerprint density at radius 1 is 1.16 bits per heavy atom. The molecule has 0 unspecified atom stereocenters. The number of fused-ring (bicyclic) bond motifs is 1. The topological polar surface area (TPSA) is 80.7 Å². The summed E-state index contributed by atoms with van der Waals surface area (Å²) in [5, 5.41) is 2.67. The molecule has 170 valence electrons. The molecule has 0 aliphatic carbocycles. The minimum atomic E-state index is -0.538. The van der Waals surface area contributed by atoms with Crippen LogP contribution in [-0.2, 0) is 14.3 Å². The van der Waals surface area contributed by atoms with E-state index in [4.69, 9.17) is 14.2 Å². The summed E-state index contributed by atoms with van der Waals surface area (Å²) in [6.45, 7) is 3.39. The summed E-state index contributed by atoms with van der Waals surface area (Å²) in [5.74, 6) is 0.843. The van der Waals surface area contributed by atoms with Crippen molar-refractivity contribution in [3.63, 3.8) is 0 Å². The number of aliphatic imine (C=N–C) groups is 1. The van der Waals surface area contributed by atoms with Crippen LogP contribution in [0.15, 0.2) is 45.6 Å². The van der Waals surface area contributed by atoms with Gasteiger partial charge in [0.05, 0.1) is 45.1 Å². The Balaban J connectivity index is 1.77. The second-order valence-electron chi connectivity index (χ2n) is 7.76. The molecule has 1 fully saturated rings. The van der Waals surface area contributed by atoms with Crippen LogP contribution in [0.1, 0.15) is 37.8 Å². The first-order valence-corrected chi connectivity index (χ1v) is 11.4. The molecule has 1 saturated heterocycles. The number of carbonyl (C=O) groups is 2. The summed E-state index contributed by atoms with van der Waals surface area (Å²) in [5.41, 5.74) is 2.57. The van der Waals surface area contributed by atoms with E-state index in [0.29, 0.717) is 22.8 Å². The van der Waals surface area contributed by atoms with Gasteiger partial charge in [0.1, 0.15) is 11.5 Å². The van der Waals surface area contributed by atoms with E-state index < -0.39 is 12.0 Å². The van der Waals surface area contributed by atoms with Crippen molar-refractivity contribution in [3.8, 4) is 11.5 Å². The number of ether oxygens (including phenoxy) is 3. The van der Waals surface area contributed by atoms with Gasteiger partial charge in [-0.1, -0.05) is 11.8 Å². The van der Waals surface area contributed by atoms with Crippen molar-refractivity contribution in [1.82, 2.24) is 9.80 Å². The molecule has 1 atom stereocenters. The molecule has 0 N–H and O–H groups in total. The fraction of sp³-hybridized carbons (Fsp3) is 0.435. The van der Waals surface area contributed by atoms with Crippen LogP contribution in [0.2, 0.25) is 0 Å². The summed E-state index contributed by atoms with van der Waals surface area (Å²) >= 11 is 1.45. The van der Waals surface area contributed by atoms with Gasteiger partial charge in [-0.05, 0) is 37.3 Å². The number of rotatable bonds is 6. The zero-order chi connectivity index (χ0) is 22.8. The number of esters is 1. The molecule has 1 aromatic carbocycles. The van der Waals surface area contributed by atoms with E-state index in [2.05, 4.69) is 4.99 Å². The lowest BCUT2D eigenvalue weighted by Crippen LogP contribution is -2.38. The summed E-state index contributed by atoms with van der Waals surface area (Å²) < 4.78 is 16.1. The van der Waals surface area contributed by atoms with E-state index in [1.54, 1.807) is 27.2 Å². The Labute approximate surface area is 191 Å². The molecule has 32 heavy (non-hydrogen) atoms. The maximum Gasteiger partial charge on any atom is 0.338 e. The summed E-state index contributed by atoms with van der Waals surface area (Å²) in [6, 6.07) is 4.95.